The van der Waals surface area contributed by atoms with E-state index in [1.165, 1.54) is 5.34 Å². The quantitative estimate of drug-likeness (QED) is 0.374. The van der Waals surface area contributed by atoms with Crippen LogP contribution in [0.4, 0.5) is 0 Å². The normalized spacial score (nSPS) is 1.41. The first kappa shape index (κ1) is 83.1. The third-order valence-electron chi connectivity index (χ3n) is 0. The van der Waals surface area contributed by atoms with Crippen LogP contribution in [0.1, 0.15) is 0 Å². The van der Waals surface area contributed by atoms with Gasteiger partial charge in [0.2, 0.25) is 0 Å². The van der Waals surface area contributed by atoms with Gasteiger partial charge in [-0.3, -0.25) is 0 Å². The summed E-state index contributed by atoms with van der Waals surface area (Å²) in [5.41, 5.74) is 0. The fourth-order valence-electron chi connectivity index (χ4n) is 0. The summed E-state index contributed by atoms with van der Waals surface area (Å²) in [5.74, 6) is 0. The van der Waals surface area contributed by atoms with Gasteiger partial charge in [0.1, 0.15) is 0 Å². The summed E-state index contributed by atoms with van der Waals surface area (Å²) in [6, 6.07) is 0. The van der Waals surface area contributed by atoms with E-state index in [2.05, 4.69) is 39.4 Å². The van der Waals surface area contributed by atoms with Crippen LogP contribution < -0.4 is 0 Å². The molecule has 9 nitrogen and oxygen atoms in total. The Labute approximate surface area is 132 Å². The Morgan fingerprint density at radius 1 is 0.647 bits per heavy atom. The Hall–Kier alpha value is -2.14. The van der Waals surface area contributed by atoms with Crippen molar-refractivity contribution in [2.45, 2.75) is 0 Å². The molecule has 0 fully saturated rings. The number of hydrogen-bond donors (Lipinski definition) is 1. The van der Waals surface area contributed by atoms with Gasteiger partial charge < -0.3 is 5.21 Å². The fourth-order valence-corrected chi connectivity index (χ4v) is 0. The molecule has 0 saturated carbocycles. The van der Waals surface area contributed by atoms with Crippen molar-refractivity contribution in [1.82, 2.24) is 0 Å². The second-order valence-electron chi connectivity index (χ2n) is 0.0816. The van der Waals surface area contributed by atoms with Gasteiger partial charge in [0.05, 0.1) is 0 Å². The summed E-state index contributed by atoms with van der Waals surface area (Å²) in [4.78, 5) is 8.11. The van der Waals surface area contributed by atoms with Gasteiger partial charge in [0.25, 0.3) is 0 Å². The molecule has 1 N–H and O–H groups in total. The van der Waals surface area contributed by atoms with Crippen LogP contribution in [-0.2, 0) is 17.1 Å². The van der Waals surface area contributed by atoms with Gasteiger partial charge in [-0.1, -0.05) is 0 Å². The monoisotopic (exact) mass is 289 g/mol. The van der Waals surface area contributed by atoms with Crippen LogP contribution in [0, 0.1) is 75.9 Å². The molecule has 0 aliphatic heterocycles. The summed E-state index contributed by atoms with van der Waals surface area (Å²) in [5, 5.41) is 46.9. The van der Waals surface area contributed by atoms with Crippen LogP contribution in [0.5, 0.6) is 0 Å². The summed E-state index contributed by atoms with van der Waals surface area (Å²) < 4.78 is 0. The summed E-state index contributed by atoms with van der Waals surface area (Å²) >= 11 is 0. The van der Waals surface area contributed by atoms with E-state index in [9.17, 15) is 0 Å². The van der Waals surface area contributed by atoms with E-state index < -0.39 is 0 Å². The molecule has 0 aromatic heterocycles. The molecule has 0 aromatic carbocycles. The van der Waals surface area contributed by atoms with Crippen LogP contribution in [-0.4, -0.2) is 34.8 Å². The van der Waals surface area contributed by atoms with Crippen molar-refractivity contribution < 1.29 is 22.3 Å². The molecule has 11 heteroatoms. The second-order valence-corrected chi connectivity index (χ2v) is 0.0816. The molecule has 0 spiro atoms. The molecule has 0 amide bonds. The van der Waals surface area contributed by atoms with Crippen molar-refractivity contribution in [1.29, 1.82) is 31.6 Å². The van der Waals surface area contributed by atoms with Crippen LogP contribution in [0.15, 0.2) is 5.34 Å². The van der Waals surface area contributed by atoms with Gasteiger partial charge in [-0.25, -0.2) is 31.6 Å². The Bertz CT molecular complexity index is 140. The summed E-state index contributed by atoms with van der Waals surface area (Å²) in [6.07, 6.45) is 0. The number of nitrogens with zero attached hydrogens (tertiary/aromatic N) is 7. The third kappa shape index (κ3) is 425. The van der Waals surface area contributed by atoms with E-state index in [1.807, 2.05) is 0 Å². The topological polar surface area (TPSA) is 192 Å². The minimum absolute atomic E-state index is 0. The average molecular weight is 289 g/mol. The molecule has 0 aromatic rings. The molecular weight excluding hydrogens is 281 g/mol. The van der Waals surface area contributed by atoms with Gasteiger partial charge in [0, 0.05) is 56.5 Å². The number of nitriles is 6. The molecule has 17 heavy (non-hydrogen) atoms. The molecule has 0 aliphatic rings. The Kier molecular flexibility index (Phi) is 8620. The standard InChI is InChI=1S/6CHN.Fe.HNO2.Na.H/c6*1-2;;2-1-3;;/h6*1H;;(H,2,3);;. The molecule has 88 valence electrons. The molecule has 0 bridgehead atoms. The zero-order chi connectivity index (χ0) is 14.7. The van der Waals surface area contributed by atoms with E-state index in [0.29, 0.717) is 0 Å². The SMILES string of the molecule is C#N.C#N.C#N.C#N.C#N.C#N.O=NO.[Fe].[NaH]. The van der Waals surface area contributed by atoms with Gasteiger partial charge >= 0.3 is 29.6 Å². The van der Waals surface area contributed by atoms with Crippen LogP contribution in [0.25, 0.3) is 0 Å². The maximum absolute atomic E-state index is 8.11. The van der Waals surface area contributed by atoms with Gasteiger partial charge in [-0.15, -0.1) is 4.91 Å². The van der Waals surface area contributed by atoms with Crippen LogP contribution in [0.2, 0.25) is 0 Å². The molecule has 0 saturated heterocycles. The van der Waals surface area contributed by atoms with Crippen LogP contribution >= 0.6 is 0 Å². The first-order valence-electron chi connectivity index (χ1n) is 1.93. The maximum atomic E-state index is 8.11. The van der Waals surface area contributed by atoms with Crippen molar-refractivity contribution >= 4 is 29.6 Å². The second kappa shape index (κ2) is 1760. The van der Waals surface area contributed by atoms with E-state index in [4.69, 9.17) is 41.7 Å². The van der Waals surface area contributed by atoms with Gasteiger partial charge in [-0.2, -0.15) is 0 Å². The fraction of sp³-hybridized carbons (Fsp3) is 0. The predicted molar refractivity (Wildman–Crippen MR) is 54.8 cm³/mol. The molecule has 0 heterocycles. The first-order valence-corrected chi connectivity index (χ1v) is 1.93. The Morgan fingerprint density at radius 2 is 0.647 bits per heavy atom. The van der Waals surface area contributed by atoms with E-state index in [1.54, 1.807) is 0 Å². The van der Waals surface area contributed by atoms with Gasteiger partial charge in [0.15, 0.2) is 5.34 Å². The molecular formula is C6H8FeN7NaO2. The zero-order valence-corrected chi connectivity index (χ0v) is 8.91. The van der Waals surface area contributed by atoms with E-state index in [-0.39, 0.29) is 46.6 Å². The molecule has 0 rings (SSSR count). The zero-order valence-electron chi connectivity index (χ0n) is 7.80. The molecule has 0 unspecified atom stereocenters. The average Bonchev–Trinajstić information content (AvgIpc) is 2.44. The van der Waals surface area contributed by atoms with Crippen molar-refractivity contribution in [2.24, 2.45) is 5.34 Å². The molecule has 0 radical (unpaired) electrons. The van der Waals surface area contributed by atoms with E-state index >= 15 is 0 Å². The molecule has 0 aliphatic carbocycles. The summed E-state index contributed by atoms with van der Waals surface area (Å²) in [6.45, 7) is 21.0. The van der Waals surface area contributed by atoms with Crippen molar-refractivity contribution in [3.05, 3.63) is 4.91 Å². The number of rotatable bonds is 0. The van der Waals surface area contributed by atoms with E-state index in [0.717, 1.165) is 0 Å². The third-order valence-corrected chi connectivity index (χ3v) is 0. The van der Waals surface area contributed by atoms with Crippen molar-refractivity contribution in [3.63, 3.8) is 0 Å². The number of hydrogen-bond acceptors (Lipinski definition) is 8. The van der Waals surface area contributed by atoms with Crippen molar-refractivity contribution in [3.8, 4) is 39.4 Å². The first-order chi connectivity index (χ1) is 7.41. The molecule has 0 atom stereocenters. The Balaban J connectivity index is -0.00000000620. The van der Waals surface area contributed by atoms with Crippen molar-refractivity contribution in [2.75, 3.05) is 0 Å². The minimum atomic E-state index is 0. The van der Waals surface area contributed by atoms with Gasteiger partial charge in [-0.05, 0) is 0 Å². The van der Waals surface area contributed by atoms with Crippen LogP contribution in [0.3, 0.4) is 0 Å². The predicted octanol–water partition coefficient (Wildman–Crippen LogP) is 0.330. The summed E-state index contributed by atoms with van der Waals surface area (Å²) in [7, 11) is 0. The Morgan fingerprint density at radius 3 is 0.647 bits per heavy atom.